The van der Waals surface area contributed by atoms with Crippen molar-refractivity contribution in [2.24, 2.45) is 17.8 Å². The number of carbonyl (C=O) groups is 1. The molecule has 0 aromatic carbocycles. The Morgan fingerprint density at radius 1 is 1.50 bits per heavy atom. The fraction of sp³-hybridized carbons (Fsp3) is 0.875. The zero-order valence-electron chi connectivity index (χ0n) is 5.92. The molecule has 2 heteroatoms. The quantitative estimate of drug-likeness (QED) is 0.609. The molecule has 3 unspecified atom stereocenters. The molecule has 0 radical (unpaired) electrons. The van der Waals surface area contributed by atoms with Crippen LogP contribution in [0.4, 0.5) is 0 Å². The molecular formula is C8H12O2. The summed E-state index contributed by atoms with van der Waals surface area (Å²) in [5, 5.41) is 8.58. The molecule has 3 atom stereocenters. The lowest BCUT2D eigenvalue weighted by Gasteiger charge is -2.06. The molecule has 0 spiro atoms. The van der Waals surface area contributed by atoms with Gasteiger partial charge in [0.1, 0.15) is 6.61 Å². The number of hydrogen-bond donors (Lipinski definition) is 1. The SMILES string of the molecule is O=C(CO)C1CCC2CC21. The first kappa shape index (κ1) is 6.35. The van der Waals surface area contributed by atoms with Crippen molar-refractivity contribution in [1.29, 1.82) is 0 Å². The van der Waals surface area contributed by atoms with Crippen LogP contribution < -0.4 is 0 Å². The Kier molecular flexibility index (Phi) is 1.31. The van der Waals surface area contributed by atoms with Crippen molar-refractivity contribution in [1.82, 2.24) is 0 Å². The number of aliphatic hydroxyl groups excluding tert-OH is 1. The summed E-state index contributed by atoms with van der Waals surface area (Å²) >= 11 is 0. The lowest BCUT2D eigenvalue weighted by atomic mass is 9.99. The number of hydrogen-bond acceptors (Lipinski definition) is 2. The second-order valence-corrected chi connectivity index (χ2v) is 3.47. The Hall–Kier alpha value is -0.370. The molecule has 0 saturated heterocycles. The van der Waals surface area contributed by atoms with Crippen LogP contribution in [0, 0.1) is 17.8 Å². The molecule has 2 nitrogen and oxygen atoms in total. The lowest BCUT2D eigenvalue weighted by molar-refractivity contribution is -0.126. The first-order valence-electron chi connectivity index (χ1n) is 3.96. The van der Waals surface area contributed by atoms with Crippen LogP contribution in [0.15, 0.2) is 0 Å². The van der Waals surface area contributed by atoms with E-state index in [0.29, 0.717) is 5.92 Å². The average molecular weight is 140 g/mol. The number of Topliss-reactive ketones (excluding diaryl/α,β-unsaturated/α-hetero) is 1. The summed E-state index contributed by atoms with van der Waals surface area (Å²) in [5.74, 6) is 1.82. The Bertz CT molecular complexity index is 165. The van der Waals surface area contributed by atoms with Crippen molar-refractivity contribution < 1.29 is 9.90 Å². The van der Waals surface area contributed by atoms with Gasteiger partial charge in [0, 0.05) is 5.92 Å². The van der Waals surface area contributed by atoms with E-state index in [-0.39, 0.29) is 18.3 Å². The van der Waals surface area contributed by atoms with Crippen LogP contribution in [-0.4, -0.2) is 17.5 Å². The van der Waals surface area contributed by atoms with Crippen LogP contribution in [0.2, 0.25) is 0 Å². The highest BCUT2D eigenvalue weighted by atomic mass is 16.3. The molecular weight excluding hydrogens is 128 g/mol. The van der Waals surface area contributed by atoms with Gasteiger partial charge in [0.2, 0.25) is 0 Å². The van der Waals surface area contributed by atoms with Gasteiger partial charge in [-0.3, -0.25) is 4.79 Å². The van der Waals surface area contributed by atoms with Crippen molar-refractivity contribution >= 4 is 5.78 Å². The summed E-state index contributed by atoms with van der Waals surface area (Å²) < 4.78 is 0. The van der Waals surface area contributed by atoms with E-state index >= 15 is 0 Å². The average Bonchev–Trinajstić information content (AvgIpc) is 2.62. The van der Waals surface area contributed by atoms with Crippen LogP contribution in [0.1, 0.15) is 19.3 Å². The molecule has 1 N–H and O–H groups in total. The minimum absolute atomic E-state index is 0.0741. The number of rotatable bonds is 2. The number of fused-ring (bicyclic) bond motifs is 1. The van der Waals surface area contributed by atoms with Gasteiger partial charge >= 0.3 is 0 Å². The molecule has 0 bridgehead atoms. The van der Waals surface area contributed by atoms with Gasteiger partial charge in [-0.25, -0.2) is 0 Å². The standard InChI is InChI=1S/C8H12O2/c9-4-8(10)6-2-1-5-3-7(5)6/h5-7,9H,1-4H2. The van der Waals surface area contributed by atoms with Crippen molar-refractivity contribution in [2.75, 3.05) is 6.61 Å². The second kappa shape index (κ2) is 2.06. The topological polar surface area (TPSA) is 37.3 Å². The number of ketones is 1. The van der Waals surface area contributed by atoms with Gasteiger partial charge in [0.25, 0.3) is 0 Å². The summed E-state index contributed by atoms with van der Waals surface area (Å²) in [6.45, 7) is -0.242. The fourth-order valence-corrected chi connectivity index (χ4v) is 2.22. The van der Waals surface area contributed by atoms with Crippen molar-refractivity contribution in [3.63, 3.8) is 0 Å². The van der Waals surface area contributed by atoms with Crippen LogP contribution in [0.3, 0.4) is 0 Å². The van der Waals surface area contributed by atoms with Crippen LogP contribution in [-0.2, 0) is 4.79 Å². The highest BCUT2D eigenvalue weighted by Crippen LogP contribution is 2.55. The monoisotopic (exact) mass is 140 g/mol. The molecule has 0 heterocycles. The van der Waals surface area contributed by atoms with E-state index in [1.807, 2.05) is 0 Å². The smallest absolute Gasteiger partial charge is 0.161 e. The predicted molar refractivity (Wildman–Crippen MR) is 36.4 cm³/mol. The molecule has 2 saturated carbocycles. The lowest BCUT2D eigenvalue weighted by Crippen LogP contribution is -2.17. The Morgan fingerprint density at radius 2 is 2.30 bits per heavy atom. The zero-order valence-corrected chi connectivity index (χ0v) is 5.92. The van der Waals surface area contributed by atoms with Crippen molar-refractivity contribution in [3.05, 3.63) is 0 Å². The van der Waals surface area contributed by atoms with Gasteiger partial charge in [-0.1, -0.05) is 0 Å². The van der Waals surface area contributed by atoms with E-state index < -0.39 is 0 Å². The predicted octanol–water partition coefficient (Wildman–Crippen LogP) is 0.594. The van der Waals surface area contributed by atoms with Gasteiger partial charge in [0.15, 0.2) is 5.78 Å². The van der Waals surface area contributed by atoms with E-state index in [4.69, 9.17) is 5.11 Å². The summed E-state index contributed by atoms with van der Waals surface area (Å²) in [6.07, 6.45) is 3.51. The largest absolute Gasteiger partial charge is 0.389 e. The molecule has 0 aromatic heterocycles. The van der Waals surface area contributed by atoms with E-state index in [1.54, 1.807) is 0 Å². The van der Waals surface area contributed by atoms with Gasteiger partial charge in [0.05, 0.1) is 0 Å². The maximum Gasteiger partial charge on any atom is 0.161 e. The normalized spacial score (nSPS) is 43.1. The van der Waals surface area contributed by atoms with Crippen LogP contribution >= 0.6 is 0 Å². The van der Waals surface area contributed by atoms with Crippen molar-refractivity contribution in [2.45, 2.75) is 19.3 Å². The number of aliphatic hydroxyl groups is 1. The maximum absolute atomic E-state index is 11.0. The van der Waals surface area contributed by atoms with Gasteiger partial charge in [-0.05, 0) is 31.1 Å². The van der Waals surface area contributed by atoms with E-state index in [0.717, 1.165) is 12.3 Å². The first-order valence-corrected chi connectivity index (χ1v) is 3.96. The third-order valence-corrected chi connectivity index (χ3v) is 2.91. The molecule has 10 heavy (non-hydrogen) atoms. The van der Waals surface area contributed by atoms with Gasteiger partial charge in [-0.2, -0.15) is 0 Å². The van der Waals surface area contributed by atoms with Crippen molar-refractivity contribution in [3.8, 4) is 0 Å². The molecule has 0 aliphatic heterocycles. The number of carbonyl (C=O) groups excluding carboxylic acids is 1. The molecule has 0 aromatic rings. The molecule has 2 rings (SSSR count). The molecule has 2 aliphatic carbocycles. The maximum atomic E-state index is 11.0. The molecule has 56 valence electrons. The highest BCUT2D eigenvalue weighted by Gasteiger charge is 2.50. The van der Waals surface area contributed by atoms with E-state index in [2.05, 4.69) is 0 Å². The highest BCUT2D eigenvalue weighted by molar-refractivity contribution is 5.83. The minimum atomic E-state index is -0.242. The fourth-order valence-electron chi connectivity index (χ4n) is 2.22. The second-order valence-electron chi connectivity index (χ2n) is 3.47. The summed E-state index contributed by atoms with van der Waals surface area (Å²) in [7, 11) is 0. The Balaban J connectivity index is 1.98. The van der Waals surface area contributed by atoms with Gasteiger partial charge in [-0.15, -0.1) is 0 Å². The summed E-state index contributed by atoms with van der Waals surface area (Å²) in [6, 6.07) is 0. The van der Waals surface area contributed by atoms with Crippen LogP contribution in [0.5, 0.6) is 0 Å². The van der Waals surface area contributed by atoms with E-state index in [1.165, 1.54) is 12.8 Å². The Morgan fingerprint density at radius 3 is 2.70 bits per heavy atom. The zero-order chi connectivity index (χ0) is 7.14. The third kappa shape index (κ3) is 0.788. The molecule has 2 fully saturated rings. The third-order valence-electron chi connectivity index (χ3n) is 2.91. The molecule has 0 amide bonds. The first-order chi connectivity index (χ1) is 4.83. The minimum Gasteiger partial charge on any atom is -0.389 e. The van der Waals surface area contributed by atoms with Gasteiger partial charge < -0.3 is 5.11 Å². The van der Waals surface area contributed by atoms with Crippen LogP contribution in [0.25, 0.3) is 0 Å². The molecule has 2 aliphatic rings. The Labute approximate surface area is 60.2 Å². The van der Waals surface area contributed by atoms with E-state index in [9.17, 15) is 4.79 Å². The summed E-state index contributed by atoms with van der Waals surface area (Å²) in [4.78, 5) is 11.0. The summed E-state index contributed by atoms with van der Waals surface area (Å²) in [5.41, 5.74) is 0.